The number of hydrogen-bond donors (Lipinski definition) is 0. The predicted molar refractivity (Wildman–Crippen MR) is 123 cm³/mol. The van der Waals surface area contributed by atoms with Gasteiger partial charge in [-0.15, -0.1) is 5.10 Å². The van der Waals surface area contributed by atoms with Crippen molar-refractivity contribution >= 4 is 11.8 Å². The zero-order valence-electron chi connectivity index (χ0n) is 19.6. The van der Waals surface area contributed by atoms with Crippen LogP contribution < -0.4 is 0 Å². The molecule has 2 aromatic rings. The van der Waals surface area contributed by atoms with Gasteiger partial charge in [0.25, 0.3) is 5.91 Å². The number of carbonyl (C=O) groups excluding carboxylic acids is 2. The zero-order valence-corrected chi connectivity index (χ0v) is 19.6. The lowest BCUT2D eigenvalue weighted by Crippen LogP contribution is -2.51. The number of nitrogens with zero attached hydrogens (tertiary/aromatic N) is 6. The van der Waals surface area contributed by atoms with Gasteiger partial charge in [-0.3, -0.25) is 9.59 Å². The number of para-hydroxylation sites is 1. The number of aromatic nitrogens is 3. The highest BCUT2D eigenvalue weighted by atomic mass is 16.2. The molecule has 1 aromatic carbocycles. The third-order valence-electron chi connectivity index (χ3n) is 6.69. The summed E-state index contributed by atoms with van der Waals surface area (Å²) in [4.78, 5) is 36.5. The molecule has 1 aromatic heterocycles. The highest BCUT2D eigenvalue weighted by Crippen LogP contribution is 2.24. The maximum absolute atomic E-state index is 13.1. The molecule has 2 aliphatic heterocycles. The monoisotopic (exact) mass is 438 g/mol. The van der Waals surface area contributed by atoms with E-state index in [2.05, 4.69) is 41.9 Å². The van der Waals surface area contributed by atoms with Crippen molar-refractivity contribution in [1.82, 2.24) is 29.5 Å². The number of rotatable bonds is 4. The van der Waals surface area contributed by atoms with Gasteiger partial charge >= 0.3 is 0 Å². The number of aryl methyl sites for hydroxylation is 1. The van der Waals surface area contributed by atoms with E-state index in [-0.39, 0.29) is 23.6 Å². The Balaban J connectivity index is 1.41. The van der Waals surface area contributed by atoms with Gasteiger partial charge in [-0.05, 0) is 44.4 Å². The first kappa shape index (κ1) is 22.5. The molecule has 0 spiro atoms. The van der Waals surface area contributed by atoms with Crippen molar-refractivity contribution in [3.63, 3.8) is 0 Å². The van der Waals surface area contributed by atoms with Crippen LogP contribution in [0.1, 0.15) is 54.6 Å². The highest BCUT2D eigenvalue weighted by molar-refractivity contribution is 5.90. The first-order chi connectivity index (χ1) is 15.3. The van der Waals surface area contributed by atoms with Crippen molar-refractivity contribution in [2.24, 2.45) is 5.92 Å². The molecule has 0 saturated carbocycles. The Bertz CT molecular complexity index is 969. The number of hydrogen-bond acceptors (Lipinski definition) is 5. The second kappa shape index (κ2) is 9.40. The molecule has 2 aliphatic rings. The van der Waals surface area contributed by atoms with Crippen molar-refractivity contribution in [2.75, 3.05) is 46.3 Å². The molecule has 0 atom stereocenters. The van der Waals surface area contributed by atoms with E-state index in [1.807, 2.05) is 30.0 Å². The first-order valence-electron chi connectivity index (χ1n) is 11.6. The lowest BCUT2D eigenvalue weighted by atomic mass is 9.95. The van der Waals surface area contributed by atoms with Gasteiger partial charge in [-0.2, -0.15) is 0 Å². The van der Waals surface area contributed by atoms with Crippen LogP contribution in [0.25, 0.3) is 5.69 Å². The highest BCUT2D eigenvalue weighted by Gasteiger charge is 2.32. The number of piperidine rings is 1. The average Bonchev–Trinajstić information content (AvgIpc) is 3.20. The molecular formula is C24H34N6O2. The standard InChI is InChI=1S/C24H34N6O2/c1-17(2)20-7-5-6-8-21(20)30-18(3)25-22(26-30)24(32)28-11-9-19(10-12-28)23(31)29-15-13-27(4)14-16-29/h5-8,17,19H,9-16H2,1-4H3. The Kier molecular flexibility index (Phi) is 6.60. The largest absolute Gasteiger partial charge is 0.340 e. The molecule has 32 heavy (non-hydrogen) atoms. The first-order valence-corrected chi connectivity index (χ1v) is 11.6. The van der Waals surface area contributed by atoms with Crippen LogP contribution in [0.4, 0.5) is 0 Å². The number of benzene rings is 1. The summed E-state index contributed by atoms with van der Waals surface area (Å²) in [7, 11) is 2.09. The normalized spacial score (nSPS) is 18.4. The van der Waals surface area contributed by atoms with Crippen LogP contribution in [-0.4, -0.2) is 87.6 Å². The molecule has 172 valence electrons. The van der Waals surface area contributed by atoms with Gasteiger partial charge in [0.2, 0.25) is 11.7 Å². The Morgan fingerprint density at radius 2 is 1.62 bits per heavy atom. The number of piperazine rings is 1. The van der Waals surface area contributed by atoms with Crippen LogP contribution in [-0.2, 0) is 4.79 Å². The lowest BCUT2D eigenvalue weighted by Gasteiger charge is -2.37. The molecule has 0 N–H and O–H groups in total. The number of likely N-dealkylation sites (N-methyl/N-ethyl adjacent to an activating group) is 1. The van der Waals surface area contributed by atoms with Crippen molar-refractivity contribution in [3.05, 3.63) is 41.5 Å². The summed E-state index contributed by atoms with van der Waals surface area (Å²) in [6.07, 6.45) is 1.40. The van der Waals surface area contributed by atoms with Crippen molar-refractivity contribution in [1.29, 1.82) is 0 Å². The van der Waals surface area contributed by atoms with E-state index in [4.69, 9.17) is 0 Å². The Morgan fingerprint density at radius 3 is 2.28 bits per heavy atom. The SMILES string of the molecule is Cc1nc(C(=O)N2CCC(C(=O)N3CCN(C)CC3)CC2)nn1-c1ccccc1C(C)C. The molecule has 2 fully saturated rings. The van der Waals surface area contributed by atoms with Crippen LogP contribution >= 0.6 is 0 Å². The molecule has 0 radical (unpaired) electrons. The van der Waals surface area contributed by atoms with Crippen molar-refractivity contribution in [3.8, 4) is 5.69 Å². The third-order valence-corrected chi connectivity index (χ3v) is 6.69. The summed E-state index contributed by atoms with van der Waals surface area (Å²) >= 11 is 0. The predicted octanol–water partition coefficient (Wildman–Crippen LogP) is 2.33. The molecular weight excluding hydrogens is 404 g/mol. The Labute approximate surface area is 190 Å². The summed E-state index contributed by atoms with van der Waals surface area (Å²) in [5, 5.41) is 4.57. The summed E-state index contributed by atoms with van der Waals surface area (Å²) in [5.74, 6) is 1.36. The van der Waals surface area contributed by atoms with Crippen LogP contribution in [0.15, 0.2) is 24.3 Å². The average molecular weight is 439 g/mol. The van der Waals surface area contributed by atoms with Crippen LogP contribution in [0.5, 0.6) is 0 Å². The van der Waals surface area contributed by atoms with Crippen molar-refractivity contribution < 1.29 is 9.59 Å². The van der Waals surface area contributed by atoms with E-state index >= 15 is 0 Å². The van der Waals surface area contributed by atoms with Crippen molar-refractivity contribution in [2.45, 2.75) is 39.5 Å². The van der Waals surface area contributed by atoms with E-state index in [0.717, 1.165) is 31.9 Å². The molecule has 8 nitrogen and oxygen atoms in total. The minimum atomic E-state index is -0.153. The van der Waals surface area contributed by atoms with Gasteiger partial charge in [-0.1, -0.05) is 32.0 Å². The molecule has 4 rings (SSSR count). The second-order valence-corrected chi connectivity index (χ2v) is 9.30. The molecule has 2 saturated heterocycles. The maximum Gasteiger partial charge on any atom is 0.293 e. The van der Waals surface area contributed by atoms with Gasteiger partial charge in [0.1, 0.15) is 5.82 Å². The molecule has 0 unspecified atom stereocenters. The summed E-state index contributed by atoms with van der Waals surface area (Å²) in [6.45, 7) is 10.8. The summed E-state index contributed by atoms with van der Waals surface area (Å²) in [6, 6.07) is 8.10. The number of amides is 2. The van der Waals surface area contributed by atoms with E-state index < -0.39 is 0 Å². The van der Waals surface area contributed by atoms with Crippen LogP contribution in [0.3, 0.4) is 0 Å². The van der Waals surface area contributed by atoms with Crippen LogP contribution in [0.2, 0.25) is 0 Å². The zero-order chi connectivity index (χ0) is 22.8. The smallest absolute Gasteiger partial charge is 0.293 e. The second-order valence-electron chi connectivity index (χ2n) is 9.30. The Hall–Kier alpha value is -2.74. The quantitative estimate of drug-likeness (QED) is 0.732. The van der Waals surface area contributed by atoms with Gasteiger partial charge < -0.3 is 14.7 Å². The molecule has 8 heteroatoms. The fraction of sp³-hybridized carbons (Fsp3) is 0.583. The molecule has 0 aliphatic carbocycles. The number of likely N-dealkylation sites (tertiary alicyclic amines) is 1. The van der Waals surface area contributed by atoms with Gasteiger partial charge in [0.05, 0.1) is 5.69 Å². The van der Waals surface area contributed by atoms with E-state index in [1.54, 1.807) is 9.58 Å². The molecule has 2 amide bonds. The van der Waals surface area contributed by atoms with Gasteiger partial charge in [0, 0.05) is 45.2 Å². The molecule has 3 heterocycles. The van der Waals surface area contributed by atoms with Gasteiger partial charge in [0.15, 0.2) is 0 Å². The van der Waals surface area contributed by atoms with Gasteiger partial charge in [-0.25, -0.2) is 9.67 Å². The summed E-state index contributed by atoms with van der Waals surface area (Å²) < 4.78 is 1.77. The molecule has 0 bridgehead atoms. The third kappa shape index (κ3) is 4.55. The Morgan fingerprint density at radius 1 is 0.969 bits per heavy atom. The minimum absolute atomic E-state index is 0.00706. The van der Waals surface area contributed by atoms with E-state index in [9.17, 15) is 9.59 Å². The summed E-state index contributed by atoms with van der Waals surface area (Å²) in [5.41, 5.74) is 2.13. The number of carbonyl (C=O) groups is 2. The van der Waals surface area contributed by atoms with E-state index in [0.29, 0.717) is 37.7 Å². The van der Waals surface area contributed by atoms with E-state index in [1.165, 1.54) is 5.56 Å². The topological polar surface area (TPSA) is 74.6 Å². The fourth-order valence-electron chi connectivity index (χ4n) is 4.63. The minimum Gasteiger partial charge on any atom is -0.340 e. The fourth-order valence-corrected chi connectivity index (χ4v) is 4.63. The van der Waals surface area contributed by atoms with Crippen LogP contribution in [0, 0.1) is 12.8 Å². The lowest BCUT2D eigenvalue weighted by molar-refractivity contribution is -0.138. The maximum atomic E-state index is 13.1.